The van der Waals surface area contributed by atoms with Gasteiger partial charge in [0.25, 0.3) is 0 Å². The molecule has 4 nitrogen and oxygen atoms in total. The first-order chi connectivity index (χ1) is 14.2. The largest absolute Gasteiger partial charge is 0.344 e. The molecular formula is C23H21ClN4S. The first-order valence-corrected chi connectivity index (χ1v) is 10.2. The molecule has 0 saturated heterocycles. The van der Waals surface area contributed by atoms with Gasteiger partial charge in [0.1, 0.15) is 5.82 Å². The zero-order valence-corrected chi connectivity index (χ0v) is 17.4. The number of hydrogen-bond acceptors (Lipinski definition) is 2. The molecule has 0 aliphatic heterocycles. The summed E-state index contributed by atoms with van der Waals surface area (Å²) in [5, 5.41) is 4.64. The minimum absolute atomic E-state index is 0.659. The average Bonchev–Trinajstić information content (AvgIpc) is 3.15. The Bertz CT molecular complexity index is 1080. The number of halogens is 1. The Labute approximate surface area is 180 Å². The Morgan fingerprint density at radius 2 is 1.79 bits per heavy atom. The number of thiocarbonyl (C=S) groups is 1. The Kier molecular flexibility index (Phi) is 6.08. The number of aromatic nitrogens is 2. The van der Waals surface area contributed by atoms with Gasteiger partial charge in [-0.05, 0) is 48.1 Å². The molecule has 0 atom stereocenters. The molecule has 0 bridgehead atoms. The van der Waals surface area contributed by atoms with E-state index in [4.69, 9.17) is 23.8 Å². The van der Waals surface area contributed by atoms with E-state index in [0.717, 1.165) is 35.5 Å². The van der Waals surface area contributed by atoms with Crippen molar-refractivity contribution in [3.8, 4) is 0 Å². The molecule has 2 N–H and O–H groups in total. The standard InChI is InChI=1S/C23H21ClN4S/c24-18-9-6-10-19(15-18)25-23(29)28(16-17-7-2-1-3-8-17)14-13-22-26-20-11-4-5-12-21(20)27-22/h1-12,15H,13-14,16H2,(H,25,29)(H,26,27). The number of para-hydroxylation sites is 2. The fourth-order valence-corrected chi connectivity index (χ4v) is 3.65. The highest BCUT2D eigenvalue weighted by Gasteiger charge is 2.13. The van der Waals surface area contributed by atoms with Gasteiger partial charge in [-0.2, -0.15) is 0 Å². The molecule has 6 heteroatoms. The highest BCUT2D eigenvalue weighted by Crippen LogP contribution is 2.17. The van der Waals surface area contributed by atoms with Crippen LogP contribution in [-0.4, -0.2) is 26.5 Å². The summed E-state index contributed by atoms with van der Waals surface area (Å²) in [5.41, 5.74) is 4.12. The minimum Gasteiger partial charge on any atom is -0.344 e. The number of nitrogens with zero attached hydrogens (tertiary/aromatic N) is 2. The predicted molar refractivity (Wildman–Crippen MR) is 124 cm³/mol. The van der Waals surface area contributed by atoms with Crippen LogP contribution in [0.1, 0.15) is 11.4 Å². The second-order valence-corrected chi connectivity index (χ2v) is 7.62. The van der Waals surface area contributed by atoms with Crippen LogP contribution in [0.2, 0.25) is 5.02 Å². The van der Waals surface area contributed by atoms with Crippen LogP contribution in [-0.2, 0) is 13.0 Å². The van der Waals surface area contributed by atoms with E-state index in [1.165, 1.54) is 5.56 Å². The number of benzene rings is 3. The van der Waals surface area contributed by atoms with Gasteiger partial charge < -0.3 is 15.2 Å². The maximum absolute atomic E-state index is 6.11. The third kappa shape index (κ3) is 5.13. The number of H-pyrrole nitrogens is 1. The van der Waals surface area contributed by atoms with Gasteiger partial charge >= 0.3 is 0 Å². The molecule has 4 rings (SSSR count). The fourth-order valence-electron chi connectivity index (χ4n) is 3.19. The van der Waals surface area contributed by atoms with Crippen LogP contribution in [0, 0.1) is 0 Å². The van der Waals surface area contributed by atoms with Crippen molar-refractivity contribution in [1.29, 1.82) is 0 Å². The molecule has 0 spiro atoms. The Balaban J connectivity index is 1.50. The van der Waals surface area contributed by atoms with Crippen molar-refractivity contribution in [2.75, 3.05) is 11.9 Å². The van der Waals surface area contributed by atoms with E-state index < -0.39 is 0 Å². The maximum Gasteiger partial charge on any atom is 0.173 e. The molecule has 0 amide bonds. The second-order valence-electron chi connectivity index (χ2n) is 6.80. The van der Waals surface area contributed by atoms with Gasteiger partial charge in [0.05, 0.1) is 11.0 Å². The van der Waals surface area contributed by atoms with Crippen LogP contribution in [0.5, 0.6) is 0 Å². The highest BCUT2D eigenvalue weighted by molar-refractivity contribution is 7.80. The lowest BCUT2D eigenvalue weighted by Crippen LogP contribution is -2.36. The molecule has 29 heavy (non-hydrogen) atoms. The van der Waals surface area contributed by atoms with Crippen LogP contribution in [0.3, 0.4) is 0 Å². The van der Waals surface area contributed by atoms with Crippen molar-refractivity contribution >= 4 is 45.7 Å². The Hall–Kier alpha value is -2.89. The average molecular weight is 421 g/mol. The van der Waals surface area contributed by atoms with E-state index in [1.807, 2.05) is 66.7 Å². The van der Waals surface area contributed by atoms with Crippen LogP contribution < -0.4 is 5.32 Å². The summed E-state index contributed by atoms with van der Waals surface area (Å²) < 4.78 is 0. The quantitative estimate of drug-likeness (QED) is 0.395. The van der Waals surface area contributed by atoms with E-state index in [-0.39, 0.29) is 0 Å². The van der Waals surface area contributed by atoms with Crippen LogP contribution in [0.4, 0.5) is 5.69 Å². The van der Waals surface area contributed by atoms with Crippen molar-refractivity contribution in [3.63, 3.8) is 0 Å². The lowest BCUT2D eigenvalue weighted by molar-refractivity contribution is 0.419. The third-order valence-electron chi connectivity index (χ3n) is 4.64. The van der Waals surface area contributed by atoms with Gasteiger partial charge in [-0.3, -0.25) is 0 Å². The topological polar surface area (TPSA) is 44.0 Å². The first kappa shape index (κ1) is 19.4. The van der Waals surface area contributed by atoms with Crippen molar-refractivity contribution in [2.24, 2.45) is 0 Å². The van der Waals surface area contributed by atoms with Gasteiger partial charge in [0.15, 0.2) is 5.11 Å². The lowest BCUT2D eigenvalue weighted by atomic mass is 10.2. The molecule has 0 radical (unpaired) electrons. The zero-order chi connectivity index (χ0) is 20.1. The SMILES string of the molecule is S=C(Nc1cccc(Cl)c1)N(CCc1nc2ccccc2[nH]1)Cc1ccccc1. The summed E-state index contributed by atoms with van der Waals surface area (Å²) in [5.74, 6) is 0.954. The third-order valence-corrected chi connectivity index (χ3v) is 5.23. The number of nitrogens with one attached hydrogen (secondary N) is 2. The maximum atomic E-state index is 6.11. The molecule has 0 aliphatic rings. The van der Waals surface area contributed by atoms with Crippen LogP contribution in [0.15, 0.2) is 78.9 Å². The van der Waals surface area contributed by atoms with E-state index in [9.17, 15) is 0 Å². The number of fused-ring (bicyclic) bond motifs is 1. The van der Waals surface area contributed by atoms with E-state index >= 15 is 0 Å². The summed E-state index contributed by atoms with van der Waals surface area (Å²) in [7, 11) is 0. The summed E-state index contributed by atoms with van der Waals surface area (Å²) in [6.07, 6.45) is 0.763. The summed E-state index contributed by atoms with van der Waals surface area (Å²) in [4.78, 5) is 10.2. The highest BCUT2D eigenvalue weighted by atomic mass is 35.5. The Morgan fingerprint density at radius 1 is 1.00 bits per heavy atom. The molecule has 4 aromatic rings. The molecule has 0 aliphatic carbocycles. The number of hydrogen-bond donors (Lipinski definition) is 2. The summed E-state index contributed by atoms with van der Waals surface area (Å²) in [6.45, 7) is 1.45. The monoisotopic (exact) mass is 420 g/mol. The summed E-state index contributed by atoms with van der Waals surface area (Å²) >= 11 is 11.8. The Morgan fingerprint density at radius 3 is 2.59 bits per heavy atom. The predicted octanol–water partition coefficient (Wildman–Crippen LogP) is 5.66. The van der Waals surface area contributed by atoms with Crippen molar-refractivity contribution in [2.45, 2.75) is 13.0 Å². The number of rotatable bonds is 6. The smallest absolute Gasteiger partial charge is 0.173 e. The van der Waals surface area contributed by atoms with Crippen molar-refractivity contribution in [3.05, 3.63) is 95.3 Å². The lowest BCUT2D eigenvalue weighted by Gasteiger charge is -2.26. The summed E-state index contributed by atoms with van der Waals surface area (Å²) in [6, 6.07) is 26.0. The van der Waals surface area contributed by atoms with Gasteiger partial charge in [-0.1, -0.05) is 60.1 Å². The number of aromatic amines is 1. The molecule has 0 saturated carbocycles. The molecule has 0 fully saturated rings. The van der Waals surface area contributed by atoms with Crippen molar-refractivity contribution < 1.29 is 0 Å². The van der Waals surface area contributed by atoms with E-state index in [2.05, 4.69) is 32.3 Å². The molecule has 1 heterocycles. The van der Waals surface area contributed by atoms with Gasteiger partial charge in [0, 0.05) is 30.2 Å². The normalized spacial score (nSPS) is 10.8. The molecular weight excluding hydrogens is 400 g/mol. The van der Waals surface area contributed by atoms with E-state index in [1.54, 1.807) is 0 Å². The van der Waals surface area contributed by atoms with Crippen LogP contribution in [0.25, 0.3) is 11.0 Å². The van der Waals surface area contributed by atoms with Crippen LogP contribution >= 0.6 is 23.8 Å². The number of imidazole rings is 1. The molecule has 3 aromatic carbocycles. The number of anilines is 1. The zero-order valence-electron chi connectivity index (χ0n) is 15.8. The van der Waals surface area contributed by atoms with Gasteiger partial charge in [-0.15, -0.1) is 0 Å². The van der Waals surface area contributed by atoms with Gasteiger partial charge in [-0.25, -0.2) is 4.98 Å². The minimum atomic E-state index is 0.659. The second kappa shape index (κ2) is 9.07. The molecule has 146 valence electrons. The fraction of sp³-hybridized carbons (Fsp3) is 0.130. The van der Waals surface area contributed by atoms with Crippen molar-refractivity contribution in [1.82, 2.24) is 14.9 Å². The molecule has 1 aromatic heterocycles. The molecule has 0 unspecified atom stereocenters. The van der Waals surface area contributed by atoms with Gasteiger partial charge in [0.2, 0.25) is 0 Å². The van der Waals surface area contributed by atoms with E-state index in [0.29, 0.717) is 16.7 Å². The first-order valence-electron chi connectivity index (χ1n) is 9.46.